The van der Waals surface area contributed by atoms with E-state index in [1.54, 1.807) is 6.07 Å². The summed E-state index contributed by atoms with van der Waals surface area (Å²) in [6, 6.07) is 43.5. The van der Waals surface area contributed by atoms with Crippen LogP contribution < -0.4 is 79.8 Å². The van der Waals surface area contributed by atoms with E-state index in [0.717, 1.165) is 107 Å². The van der Waals surface area contributed by atoms with Crippen molar-refractivity contribution in [2.75, 3.05) is 67.1 Å². The minimum atomic E-state index is -0.289. The smallest absolute Gasteiger partial charge is 0.279 e. The normalized spacial score (nSPS) is 12.3. The maximum atomic E-state index is 12.6. The molecule has 10 aromatic rings. The highest BCUT2D eigenvalue weighted by Gasteiger charge is 2.27. The molecule has 0 unspecified atom stereocenters. The van der Waals surface area contributed by atoms with Gasteiger partial charge in [-0.25, -0.2) is 29.9 Å². The Morgan fingerprint density at radius 1 is 0.430 bits per heavy atom. The molecule has 0 fully saturated rings. The Morgan fingerprint density at radius 3 is 1.34 bits per heavy atom. The van der Waals surface area contributed by atoms with Crippen LogP contribution >= 0.6 is 23.2 Å². The van der Waals surface area contributed by atoms with Crippen LogP contribution in [-0.2, 0) is 19.4 Å². The van der Waals surface area contributed by atoms with Crippen LogP contribution in [0.2, 0.25) is 10.0 Å². The fraction of sp³-hybridized carbons (Fsp3) is 0.247. The van der Waals surface area contributed by atoms with E-state index < -0.39 is 0 Å². The predicted octanol–water partition coefficient (Wildman–Crippen LogP) is 8.90. The van der Waals surface area contributed by atoms with Crippen LogP contribution in [0, 0.1) is 41.5 Å². The fourth-order valence-electron chi connectivity index (χ4n) is 11.5. The first kappa shape index (κ1) is 64.8. The molecule has 0 spiro atoms. The van der Waals surface area contributed by atoms with Crippen LogP contribution in [0.1, 0.15) is 56.5 Å². The van der Waals surface area contributed by atoms with Gasteiger partial charge in [0.1, 0.15) is 16.4 Å². The first-order valence-corrected chi connectivity index (χ1v) is 31.9. The summed E-state index contributed by atoms with van der Waals surface area (Å²) in [7, 11) is 0. The Bertz CT molecular complexity index is 5030. The second kappa shape index (κ2) is 28.9. The molecule has 0 aliphatic carbocycles. The molecule has 3 aromatic heterocycles. The molecule has 18 nitrogen and oxygen atoms in total. The number of anilines is 6. The molecule has 3 aliphatic rings. The first-order chi connectivity index (χ1) is 44.9. The highest BCUT2D eigenvalue weighted by atomic mass is 35.5. The number of halogens is 2. The van der Waals surface area contributed by atoms with Crippen molar-refractivity contribution in [3.05, 3.63) is 251 Å². The van der Waals surface area contributed by atoms with Gasteiger partial charge < -0.3 is 45.6 Å². The summed E-state index contributed by atoms with van der Waals surface area (Å²) in [5.74, 6) is 1.66. The Morgan fingerprint density at radius 2 is 0.860 bits per heavy atom. The second-order valence-electron chi connectivity index (χ2n) is 23.5. The van der Waals surface area contributed by atoms with Crippen molar-refractivity contribution in [2.24, 2.45) is 15.0 Å². The zero-order valence-electron chi connectivity index (χ0n) is 53.2. The maximum Gasteiger partial charge on any atom is 0.279 e. The summed E-state index contributed by atoms with van der Waals surface area (Å²) in [5.41, 5.74) is 16.1. The third-order valence-corrected chi connectivity index (χ3v) is 17.6. The molecule has 6 heterocycles. The number of H-pyrrole nitrogens is 3. The number of aromatic nitrogens is 6. The molecular weight excluding hydrogens is 1210 g/mol. The molecular formula is C73H75Cl2N15O3. The lowest BCUT2D eigenvalue weighted by molar-refractivity contribution is 0.646. The number of aryl methyl sites for hydroxylation is 7. The molecule has 0 amide bonds. The van der Waals surface area contributed by atoms with Gasteiger partial charge >= 0.3 is 0 Å². The van der Waals surface area contributed by atoms with Crippen LogP contribution in [0.4, 0.5) is 51.6 Å². The van der Waals surface area contributed by atoms with Gasteiger partial charge in [0.15, 0.2) is 33.5 Å². The van der Waals surface area contributed by atoms with Gasteiger partial charge in [0.25, 0.3) is 16.7 Å². The Hall–Kier alpha value is -9.69. The van der Waals surface area contributed by atoms with E-state index in [2.05, 4.69) is 210 Å². The second-order valence-corrected chi connectivity index (χ2v) is 24.3. The number of hydrogen-bond acceptors (Lipinski definition) is 15. The van der Waals surface area contributed by atoms with Crippen molar-refractivity contribution in [1.82, 2.24) is 45.9 Å². The Balaban J connectivity index is 0.000000143. The number of nitrogens with one attached hydrogen (secondary N) is 6. The SMILES string of the molecule is C=c1nc2c(c(=O)[nH]1)=Nc1cc(C)c(C)cc1N2CCNCCCc1ccccc1.C=c1nc2c(c(=O)[nH]1)=Nc1cc(C)c(C)cc1N2CCNCCc1cccc2ccccc12.C=c1nc2c(c(=O)[nH]1)=Nc1cc(C)c(C)cc1N2CCNCc1ccc(Cl)c(Cl)c1. The summed E-state index contributed by atoms with van der Waals surface area (Å²) in [6.45, 7) is 30.4. The zero-order chi connectivity index (χ0) is 65.4. The standard InChI is InChI=1S/C27H27N5O.C24H27N5O.C22H21Cl2N5O/c1-17-15-23-24(16-18(17)2)32(26-25(31-23)27(33)30-19(3)29-26)14-13-28-12-11-21-9-6-8-20-7-4-5-10-22(20)21;1-16-14-20-21(15-17(16)2)29(23-22(28-20)24(30)27-18(3)26-23)13-12-25-11-7-10-19-8-5-4-6-9-19;1-12-8-18-19(9-13(12)2)29(21-20(28-18)22(30)27-14(3)26-21)7-6-25-11-15-4-5-16(23)17(24)10-15/h4-10,15-16,28H,3,11-14H2,1-2H3,(H,30,33);4-6,8-9,14-15,25H,3,7,10-13H2,1-2H3,(H,27,30);4-5,8-10,25H,3,6-7,11H2,1-2H3,(H,27,30). The van der Waals surface area contributed by atoms with E-state index >= 15 is 0 Å². The Labute approximate surface area is 548 Å². The molecule has 7 aromatic carbocycles. The lowest BCUT2D eigenvalue weighted by Crippen LogP contribution is -2.44. The van der Waals surface area contributed by atoms with Gasteiger partial charge in [0, 0.05) is 45.8 Å². The first-order valence-electron chi connectivity index (χ1n) is 31.1. The van der Waals surface area contributed by atoms with Crippen LogP contribution in [0.5, 0.6) is 0 Å². The number of aromatic amines is 3. The van der Waals surface area contributed by atoms with Gasteiger partial charge in [-0.05, 0) is 183 Å². The van der Waals surface area contributed by atoms with E-state index in [4.69, 9.17) is 23.2 Å². The van der Waals surface area contributed by atoms with Gasteiger partial charge in [-0.2, -0.15) is 0 Å². The summed E-state index contributed by atoms with van der Waals surface area (Å²) >= 11 is 12.1. The number of fused-ring (bicyclic) bond motifs is 7. The molecule has 0 atom stereocenters. The minimum absolute atomic E-state index is 0.255. The number of rotatable bonds is 18. The molecule has 13 rings (SSSR count). The summed E-state index contributed by atoms with van der Waals surface area (Å²) in [5, 5.41) is 15.1. The number of hydrogen-bond donors (Lipinski definition) is 6. The average Bonchev–Trinajstić information content (AvgIpc) is 0.783. The van der Waals surface area contributed by atoms with Crippen molar-refractivity contribution < 1.29 is 0 Å². The van der Waals surface area contributed by atoms with Gasteiger partial charge in [0.05, 0.1) is 44.2 Å². The molecule has 0 saturated carbocycles. The highest BCUT2D eigenvalue weighted by Crippen LogP contribution is 2.39. The maximum absolute atomic E-state index is 12.6. The highest BCUT2D eigenvalue weighted by molar-refractivity contribution is 6.42. The summed E-state index contributed by atoms with van der Waals surface area (Å²) < 4.78 is 0. The van der Waals surface area contributed by atoms with E-state index in [1.807, 2.05) is 48.2 Å². The third kappa shape index (κ3) is 15.0. The Kier molecular flexibility index (Phi) is 20.1. The molecule has 3 aliphatic heterocycles. The molecule has 20 heteroatoms. The van der Waals surface area contributed by atoms with Crippen LogP contribution in [0.15, 0.2) is 157 Å². The molecule has 0 radical (unpaired) electrons. The van der Waals surface area contributed by atoms with E-state index in [1.165, 1.54) is 33.0 Å². The largest absolute Gasteiger partial charge is 0.321 e. The van der Waals surface area contributed by atoms with Gasteiger partial charge in [-0.3, -0.25) is 14.4 Å². The van der Waals surface area contributed by atoms with Crippen molar-refractivity contribution in [2.45, 2.75) is 67.3 Å². The van der Waals surface area contributed by atoms with Crippen LogP contribution in [-0.4, -0.2) is 82.3 Å². The van der Waals surface area contributed by atoms with Crippen LogP contribution in [0.25, 0.3) is 30.5 Å². The quantitative estimate of drug-likeness (QED) is 0.0444. The monoisotopic (exact) mass is 1280 g/mol. The fourth-order valence-corrected chi connectivity index (χ4v) is 11.8. The predicted molar refractivity (Wildman–Crippen MR) is 378 cm³/mol. The van der Waals surface area contributed by atoms with Gasteiger partial charge in [-0.1, -0.05) is 122 Å². The number of nitrogens with zero attached hydrogens (tertiary/aromatic N) is 9. The van der Waals surface area contributed by atoms with E-state index in [0.29, 0.717) is 92.7 Å². The minimum Gasteiger partial charge on any atom is -0.321 e. The molecule has 474 valence electrons. The number of benzene rings is 7. The van der Waals surface area contributed by atoms with E-state index in [9.17, 15) is 14.4 Å². The molecule has 0 bridgehead atoms. The van der Waals surface area contributed by atoms with Crippen molar-refractivity contribution in [3.63, 3.8) is 0 Å². The third-order valence-electron chi connectivity index (χ3n) is 16.8. The molecule has 0 saturated heterocycles. The lowest BCUT2D eigenvalue weighted by atomic mass is 10.0. The lowest BCUT2D eigenvalue weighted by Gasteiger charge is -2.28. The summed E-state index contributed by atoms with van der Waals surface area (Å²) in [6.07, 6.45) is 3.08. The van der Waals surface area contributed by atoms with Gasteiger partial charge in [0.2, 0.25) is 0 Å². The van der Waals surface area contributed by atoms with E-state index in [-0.39, 0.29) is 16.7 Å². The zero-order valence-corrected chi connectivity index (χ0v) is 54.7. The average molecular weight is 1280 g/mol. The molecule has 93 heavy (non-hydrogen) atoms. The topological polar surface area (TPSA) is 220 Å². The van der Waals surface area contributed by atoms with Gasteiger partial charge in [-0.15, -0.1) is 0 Å². The van der Waals surface area contributed by atoms with Crippen molar-refractivity contribution in [1.29, 1.82) is 0 Å². The molecule has 6 N–H and O–H groups in total. The van der Waals surface area contributed by atoms with Crippen LogP contribution in [0.3, 0.4) is 0 Å². The van der Waals surface area contributed by atoms with Crippen molar-refractivity contribution >= 4 is 105 Å². The summed E-state index contributed by atoms with van der Waals surface area (Å²) in [4.78, 5) is 78.9. The van der Waals surface area contributed by atoms with Crippen molar-refractivity contribution in [3.8, 4) is 0 Å².